The molecule has 0 saturated heterocycles. The van der Waals surface area contributed by atoms with Gasteiger partial charge in [-0.3, -0.25) is 0 Å². The number of rotatable bonds is 6. The largest absolute Gasteiger partial charge is 0.416 e. The quantitative estimate of drug-likeness (QED) is 0.784. The van der Waals surface area contributed by atoms with E-state index in [0.29, 0.717) is 12.2 Å². The van der Waals surface area contributed by atoms with Crippen LogP contribution < -0.4 is 11.1 Å². The Hall–Kier alpha value is -1.43. The van der Waals surface area contributed by atoms with Crippen molar-refractivity contribution < 1.29 is 13.2 Å². The van der Waals surface area contributed by atoms with Crippen LogP contribution in [0, 0.1) is 0 Å². The van der Waals surface area contributed by atoms with Gasteiger partial charge in [0.15, 0.2) is 0 Å². The Morgan fingerprint density at radius 1 is 1.21 bits per heavy atom. The molecule has 0 aliphatic rings. The molecule has 0 bridgehead atoms. The molecule has 0 radical (unpaired) electrons. The van der Waals surface area contributed by atoms with Crippen molar-refractivity contribution in [1.29, 1.82) is 0 Å². The van der Waals surface area contributed by atoms with Gasteiger partial charge in [-0.25, -0.2) is 0 Å². The molecule has 0 aromatic heterocycles. The van der Waals surface area contributed by atoms with Crippen LogP contribution in [-0.2, 0) is 6.18 Å². The Morgan fingerprint density at radius 3 is 2.32 bits per heavy atom. The summed E-state index contributed by atoms with van der Waals surface area (Å²) in [6.07, 6.45) is -4.35. The van der Waals surface area contributed by atoms with E-state index in [2.05, 4.69) is 24.1 Å². The van der Waals surface area contributed by atoms with Gasteiger partial charge in [-0.2, -0.15) is 13.2 Å². The second kappa shape index (κ2) is 6.65. The lowest BCUT2D eigenvalue weighted by atomic mass is 10.1. The summed E-state index contributed by atoms with van der Waals surface area (Å²) in [7, 11) is 0. The fourth-order valence-corrected chi connectivity index (χ4v) is 1.79. The smallest absolute Gasteiger partial charge is 0.397 e. The molecule has 3 N–H and O–H groups in total. The highest BCUT2D eigenvalue weighted by Gasteiger charge is 2.30. The molecular weight excluding hydrogens is 255 g/mol. The summed E-state index contributed by atoms with van der Waals surface area (Å²) >= 11 is 0. The third-order valence-electron chi connectivity index (χ3n) is 3.02. The zero-order chi connectivity index (χ0) is 14.5. The molecule has 6 heteroatoms. The van der Waals surface area contributed by atoms with Crippen LogP contribution >= 0.6 is 0 Å². The molecule has 1 aromatic rings. The molecule has 0 fully saturated rings. The number of hydrogen-bond donors (Lipinski definition) is 2. The van der Waals surface area contributed by atoms with E-state index in [4.69, 9.17) is 5.73 Å². The molecule has 108 valence electrons. The predicted molar refractivity (Wildman–Crippen MR) is 72.1 cm³/mol. The number of benzene rings is 1. The molecule has 1 rings (SSSR count). The summed E-state index contributed by atoms with van der Waals surface area (Å²) in [5.74, 6) is 0. The maximum atomic E-state index is 12.5. The van der Waals surface area contributed by atoms with Gasteiger partial charge in [-0.1, -0.05) is 13.8 Å². The van der Waals surface area contributed by atoms with Gasteiger partial charge in [0.1, 0.15) is 0 Å². The fourth-order valence-electron chi connectivity index (χ4n) is 1.79. The first kappa shape index (κ1) is 15.6. The van der Waals surface area contributed by atoms with Gasteiger partial charge in [-0.15, -0.1) is 0 Å². The van der Waals surface area contributed by atoms with Crippen molar-refractivity contribution in [3.63, 3.8) is 0 Å². The van der Waals surface area contributed by atoms with Crippen LogP contribution in [0.5, 0.6) is 0 Å². The van der Waals surface area contributed by atoms with E-state index in [1.807, 2.05) is 0 Å². The van der Waals surface area contributed by atoms with Gasteiger partial charge in [-0.05, 0) is 31.3 Å². The van der Waals surface area contributed by atoms with Crippen LogP contribution in [0.2, 0.25) is 0 Å². The number of alkyl halides is 3. The van der Waals surface area contributed by atoms with Gasteiger partial charge < -0.3 is 16.0 Å². The summed E-state index contributed by atoms with van der Waals surface area (Å²) in [6.45, 7) is 7.50. The molecule has 0 amide bonds. The first-order valence-corrected chi connectivity index (χ1v) is 6.31. The molecule has 1 aromatic carbocycles. The number of nitrogen functional groups attached to an aromatic ring is 1. The second-order valence-corrected chi connectivity index (χ2v) is 4.25. The van der Waals surface area contributed by atoms with Crippen LogP contribution in [0.15, 0.2) is 18.2 Å². The van der Waals surface area contributed by atoms with Crippen molar-refractivity contribution >= 4 is 11.4 Å². The van der Waals surface area contributed by atoms with E-state index < -0.39 is 11.7 Å². The van der Waals surface area contributed by atoms with Crippen LogP contribution in [0.1, 0.15) is 19.4 Å². The Bertz CT molecular complexity index is 401. The fraction of sp³-hybridized carbons (Fsp3) is 0.538. The van der Waals surface area contributed by atoms with E-state index in [0.717, 1.165) is 31.8 Å². The van der Waals surface area contributed by atoms with Crippen LogP contribution in [0.3, 0.4) is 0 Å². The van der Waals surface area contributed by atoms with Gasteiger partial charge in [0, 0.05) is 13.1 Å². The van der Waals surface area contributed by atoms with E-state index in [1.165, 1.54) is 6.07 Å². The van der Waals surface area contributed by atoms with E-state index in [-0.39, 0.29) is 5.69 Å². The second-order valence-electron chi connectivity index (χ2n) is 4.25. The highest BCUT2D eigenvalue weighted by atomic mass is 19.4. The molecule has 3 nitrogen and oxygen atoms in total. The van der Waals surface area contributed by atoms with Crippen molar-refractivity contribution in [1.82, 2.24) is 4.90 Å². The molecule has 0 aliphatic carbocycles. The summed E-state index contributed by atoms with van der Waals surface area (Å²) in [4.78, 5) is 2.22. The highest BCUT2D eigenvalue weighted by molar-refractivity contribution is 5.67. The summed E-state index contributed by atoms with van der Waals surface area (Å²) in [6, 6.07) is 3.37. The number of likely N-dealkylation sites (N-methyl/N-ethyl adjacent to an activating group) is 1. The Balaban J connectivity index is 2.61. The van der Waals surface area contributed by atoms with Crippen molar-refractivity contribution in [2.24, 2.45) is 0 Å². The summed E-state index contributed by atoms with van der Waals surface area (Å²) in [5, 5.41) is 3.06. The van der Waals surface area contributed by atoms with E-state index in [9.17, 15) is 13.2 Å². The lowest BCUT2D eigenvalue weighted by Gasteiger charge is -2.19. The lowest BCUT2D eigenvalue weighted by molar-refractivity contribution is -0.137. The first-order chi connectivity index (χ1) is 8.88. The lowest BCUT2D eigenvalue weighted by Crippen LogP contribution is -2.28. The maximum Gasteiger partial charge on any atom is 0.416 e. The molecule has 0 unspecified atom stereocenters. The molecule has 0 spiro atoms. The van der Waals surface area contributed by atoms with Crippen molar-refractivity contribution in [2.75, 3.05) is 37.2 Å². The molecule has 0 atom stereocenters. The number of nitrogens with one attached hydrogen (secondary N) is 1. The normalized spacial score (nSPS) is 11.9. The highest BCUT2D eigenvalue weighted by Crippen LogP contribution is 2.32. The zero-order valence-corrected chi connectivity index (χ0v) is 11.2. The standard InChI is InChI=1S/C13H20F3N3/c1-3-19(4-2)8-7-18-12-6-5-10(9-11(12)17)13(14,15)16/h5-6,9,18H,3-4,7-8,17H2,1-2H3. The Morgan fingerprint density at radius 2 is 1.84 bits per heavy atom. The molecule has 0 aliphatic heterocycles. The van der Waals surface area contributed by atoms with Gasteiger partial charge in [0.05, 0.1) is 16.9 Å². The van der Waals surface area contributed by atoms with Crippen molar-refractivity contribution in [2.45, 2.75) is 20.0 Å². The predicted octanol–water partition coefficient (Wildman–Crippen LogP) is 3.04. The third kappa shape index (κ3) is 4.63. The Kier molecular flexibility index (Phi) is 5.47. The maximum absolute atomic E-state index is 12.5. The van der Waals surface area contributed by atoms with Crippen molar-refractivity contribution in [3.05, 3.63) is 23.8 Å². The molecule has 19 heavy (non-hydrogen) atoms. The molecular formula is C13H20F3N3. The van der Waals surface area contributed by atoms with Crippen molar-refractivity contribution in [3.8, 4) is 0 Å². The number of halogens is 3. The van der Waals surface area contributed by atoms with Crippen LogP contribution in [0.25, 0.3) is 0 Å². The van der Waals surface area contributed by atoms with Crippen LogP contribution in [0.4, 0.5) is 24.5 Å². The Labute approximate surface area is 111 Å². The monoisotopic (exact) mass is 275 g/mol. The minimum absolute atomic E-state index is 0.120. The average molecular weight is 275 g/mol. The zero-order valence-electron chi connectivity index (χ0n) is 11.2. The minimum atomic E-state index is -4.35. The number of nitrogens with two attached hydrogens (primary N) is 1. The number of hydrogen-bond acceptors (Lipinski definition) is 3. The number of anilines is 2. The van der Waals surface area contributed by atoms with Gasteiger partial charge in [0.25, 0.3) is 0 Å². The summed E-state index contributed by atoms with van der Waals surface area (Å²) < 4.78 is 37.4. The van der Waals surface area contributed by atoms with E-state index in [1.54, 1.807) is 0 Å². The molecule has 0 heterocycles. The summed E-state index contributed by atoms with van der Waals surface area (Å²) in [5.41, 5.74) is 5.56. The molecule has 0 saturated carbocycles. The average Bonchev–Trinajstić information content (AvgIpc) is 2.35. The van der Waals surface area contributed by atoms with Gasteiger partial charge >= 0.3 is 6.18 Å². The number of nitrogens with zero attached hydrogens (tertiary/aromatic N) is 1. The first-order valence-electron chi connectivity index (χ1n) is 6.31. The van der Waals surface area contributed by atoms with Crippen LogP contribution in [-0.4, -0.2) is 31.1 Å². The third-order valence-corrected chi connectivity index (χ3v) is 3.02. The van der Waals surface area contributed by atoms with E-state index >= 15 is 0 Å². The minimum Gasteiger partial charge on any atom is -0.397 e. The van der Waals surface area contributed by atoms with Gasteiger partial charge in [0.2, 0.25) is 0 Å². The SMILES string of the molecule is CCN(CC)CCNc1ccc(C(F)(F)F)cc1N. The topological polar surface area (TPSA) is 41.3 Å².